The van der Waals surface area contributed by atoms with Crippen LogP contribution in [0.1, 0.15) is 10.4 Å². The van der Waals surface area contributed by atoms with Gasteiger partial charge in [-0.25, -0.2) is 4.79 Å². The summed E-state index contributed by atoms with van der Waals surface area (Å²) in [7, 11) is 0. The quantitative estimate of drug-likeness (QED) is 0.432. The van der Waals surface area contributed by atoms with Crippen LogP contribution in [0.25, 0.3) is 0 Å². The van der Waals surface area contributed by atoms with Crippen LogP contribution in [-0.2, 0) is 9.53 Å². The number of ether oxygens (including phenoxy) is 2. The van der Waals surface area contributed by atoms with E-state index in [1.54, 1.807) is 0 Å². The van der Waals surface area contributed by atoms with Crippen molar-refractivity contribution >= 4 is 34.9 Å². The van der Waals surface area contributed by atoms with E-state index < -0.39 is 35.7 Å². The van der Waals surface area contributed by atoms with Gasteiger partial charge in [-0.05, 0) is 24.3 Å². The molecule has 0 aliphatic carbocycles. The standard InChI is InChI=1S/C16H11ClF2N2O6/c17-11-7-9(5-6-13(11)27-16(18)19)20-14(22)8-26-15(23)10-3-1-2-4-12(10)21(24)25/h1-7,16H,8H2,(H,20,22). The molecule has 1 amide bonds. The van der Waals surface area contributed by atoms with Crippen LogP contribution in [0.5, 0.6) is 5.75 Å². The van der Waals surface area contributed by atoms with E-state index in [0.29, 0.717) is 0 Å². The van der Waals surface area contributed by atoms with E-state index in [1.807, 2.05) is 0 Å². The first-order valence-electron chi connectivity index (χ1n) is 7.22. The summed E-state index contributed by atoms with van der Waals surface area (Å²) in [5.74, 6) is -2.08. The van der Waals surface area contributed by atoms with Gasteiger partial charge in [0.15, 0.2) is 6.61 Å². The molecule has 2 rings (SSSR count). The maximum absolute atomic E-state index is 12.2. The Hall–Kier alpha value is -3.27. The Morgan fingerprint density at radius 1 is 1.22 bits per heavy atom. The third kappa shape index (κ3) is 5.61. The van der Waals surface area contributed by atoms with Crippen LogP contribution < -0.4 is 10.1 Å². The molecule has 142 valence electrons. The van der Waals surface area contributed by atoms with E-state index in [4.69, 9.17) is 16.3 Å². The fraction of sp³-hybridized carbons (Fsp3) is 0.125. The molecule has 11 heteroatoms. The average molecular weight is 401 g/mol. The maximum Gasteiger partial charge on any atom is 0.387 e. The highest BCUT2D eigenvalue weighted by atomic mass is 35.5. The van der Waals surface area contributed by atoms with Gasteiger partial charge in [-0.1, -0.05) is 23.7 Å². The summed E-state index contributed by atoms with van der Waals surface area (Å²) in [5, 5.41) is 13.0. The Bertz CT molecular complexity index is 878. The van der Waals surface area contributed by atoms with Crippen molar-refractivity contribution in [2.45, 2.75) is 6.61 Å². The lowest BCUT2D eigenvalue weighted by Crippen LogP contribution is -2.21. The number of esters is 1. The lowest BCUT2D eigenvalue weighted by molar-refractivity contribution is -0.385. The number of carbonyl (C=O) groups is 2. The smallest absolute Gasteiger partial charge is 0.387 e. The minimum atomic E-state index is -3.05. The van der Waals surface area contributed by atoms with Crippen LogP contribution in [0.2, 0.25) is 5.02 Å². The van der Waals surface area contributed by atoms with E-state index in [9.17, 15) is 28.5 Å². The number of anilines is 1. The first-order valence-corrected chi connectivity index (χ1v) is 7.60. The normalized spacial score (nSPS) is 10.4. The average Bonchev–Trinajstić information content (AvgIpc) is 2.61. The van der Waals surface area contributed by atoms with Gasteiger partial charge in [-0.15, -0.1) is 0 Å². The summed E-state index contributed by atoms with van der Waals surface area (Å²) < 4.78 is 33.2. The van der Waals surface area contributed by atoms with Gasteiger partial charge in [0.1, 0.15) is 11.3 Å². The van der Waals surface area contributed by atoms with Gasteiger partial charge in [0.25, 0.3) is 11.6 Å². The zero-order valence-corrected chi connectivity index (χ0v) is 14.1. The lowest BCUT2D eigenvalue weighted by atomic mass is 10.2. The Morgan fingerprint density at radius 3 is 2.56 bits per heavy atom. The summed E-state index contributed by atoms with van der Waals surface area (Å²) >= 11 is 5.75. The van der Waals surface area contributed by atoms with Crippen LogP contribution in [0.3, 0.4) is 0 Å². The highest BCUT2D eigenvalue weighted by Gasteiger charge is 2.21. The van der Waals surface area contributed by atoms with E-state index in [2.05, 4.69) is 10.1 Å². The van der Waals surface area contributed by atoms with Gasteiger partial charge in [0.05, 0.1) is 9.95 Å². The van der Waals surface area contributed by atoms with E-state index >= 15 is 0 Å². The Morgan fingerprint density at radius 2 is 1.93 bits per heavy atom. The van der Waals surface area contributed by atoms with Crippen LogP contribution >= 0.6 is 11.6 Å². The summed E-state index contributed by atoms with van der Waals surface area (Å²) in [6.45, 7) is -3.78. The fourth-order valence-corrected chi connectivity index (χ4v) is 2.21. The molecule has 2 aromatic rings. The van der Waals surface area contributed by atoms with E-state index in [0.717, 1.165) is 12.1 Å². The van der Waals surface area contributed by atoms with Crippen molar-refractivity contribution in [3.8, 4) is 5.75 Å². The number of amides is 1. The largest absolute Gasteiger partial charge is 0.452 e. The predicted octanol–water partition coefficient (Wildman–Crippen LogP) is 3.65. The number of hydrogen-bond acceptors (Lipinski definition) is 6. The molecule has 0 aliphatic heterocycles. The molecule has 2 aromatic carbocycles. The number of carbonyl (C=O) groups excluding carboxylic acids is 2. The third-order valence-electron chi connectivity index (χ3n) is 3.09. The molecule has 0 heterocycles. The second-order valence-corrected chi connectivity index (χ2v) is 5.33. The van der Waals surface area contributed by atoms with Gasteiger partial charge >= 0.3 is 12.6 Å². The molecule has 0 radical (unpaired) electrons. The van der Waals surface area contributed by atoms with Crippen molar-refractivity contribution < 1.29 is 32.8 Å². The van der Waals surface area contributed by atoms with Gasteiger partial charge < -0.3 is 14.8 Å². The van der Waals surface area contributed by atoms with Crippen LogP contribution in [-0.4, -0.2) is 30.0 Å². The van der Waals surface area contributed by atoms with Crippen molar-refractivity contribution in [1.29, 1.82) is 0 Å². The van der Waals surface area contributed by atoms with Gasteiger partial charge in [-0.3, -0.25) is 14.9 Å². The SMILES string of the molecule is O=C(COC(=O)c1ccccc1[N+](=O)[O-])Nc1ccc(OC(F)F)c(Cl)c1. The number of alkyl halides is 2. The number of hydrogen-bond donors (Lipinski definition) is 1. The molecule has 0 saturated carbocycles. The van der Waals surface area contributed by atoms with Crippen molar-refractivity contribution in [3.63, 3.8) is 0 Å². The second-order valence-electron chi connectivity index (χ2n) is 4.92. The van der Waals surface area contributed by atoms with Gasteiger partial charge in [0.2, 0.25) is 0 Å². The summed E-state index contributed by atoms with van der Waals surface area (Å²) in [4.78, 5) is 33.9. The van der Waals surface area contributed by atoms with Gasteiger partial charge in [-0.2, -0.15) is 8.78 Å². The fourth-order valence-electron chi connectivity index (χ4n) is 1.98. The number of nitro benzene ring substituents is 1. The molecule has 0 saturated heterocycles. The van der Waals surface area contributed by atoms with Crippen molar-refractivity contribution in [1.82, 2.24) is 0 Å². The zero-order valence-electron chi connectivity index (χ0n) is 13.4. The lowest BCUT2D eigenvalue weighted by Gasteiger charge is -2.10. The molecule has 1 N–H and O–H groups in total. The highest BCUT2D eigenvalue weighted by molar-refractivity contribution is 6.32. The number of halogens is 3. The van der Waals surface area contributed by atoms with E-state index in [1.165, 1.54) is 30.3 Å². The molecule has 0 aliphatic rings. The molecule has 8 nitrogen and oxygen atoms in total. The molecular formula is C16H11ClF2N2O6. The number of rotatable bonds is 7. The molecule has 0 aromatic heterocycles. The molecular weight excluding hydrogens is 390 g/mol. The number of benzene rings is 2. The Labute approximate surface area is 155 Å². The van der Waals surface area contributed by atoms with Crippen LogP contribution in [0.15, 0.2) is 42.5 Å². The number of nitrogens with zero attached hydrogens (tertiary/aromatic N) is 1. The first-order chi connectivity index (χ1) is 12.8. The highest BCUT2D eigenvalue weighted by Crippen LogP contribution is 2.29. The number of nitro groups is 1. The Balaban J connectivity index is 1.96. The predicted molar refractivity (Wildman–Crippen MR) is 90.1 cm³/mol. The van der Waals surface area contributed by atoms with Crippen molar-refractivity contribution in [2.75, 3.05) is 11.9 Å². The summed E-state index contributed by atoms with van der Waals surface area (Å²) in [6.07, 6.45) is 0. The molecule has 0 bridgehead atoms. The molecule has 0 atom stereocenters. The monoisotopic (exact) mass is 400 g/mol. The van der Waals surface area contributed by atoms with Crippen molar-refractivity contribution in [3.05, 3.63) is 63.2 Å². The zero-order chi connectivity index (χ0) is 20.0. The van der Waals surface area contributed by atoms with E-state index in [-0.39, 0.29) is 22.0 Å². The first kappa shape index (κ1) is 20.0. The molecule has 27 heavy (non-hydrogen) atoms. The second kappa shape index (κ2) is 8.90. The topological polar surface area (TPSA) is 108 Å². The molecule has 0 spiro atoms. The maximum atomic E-state index is 12.2. The summed E-state index contributed by atoms with van der Waals surface area (Å²) in [6, 6.07) is 8.67. The van der Waals surface area contributed by atoms with Gasteiger partial charge in [0, 0.05) is 11.8 Å². The number of nitrogens with one attached hydrogen (secondary N) is 1. The van der Waals surface area contributed by atoms with Crippen LogP contribution in [0, 0.1) is 10.1 Å². The van der Waals surface area contributed by atoms with Crippen molar-refractivity contribution in [2.24, 2.45) is 0 Å². The minimum Gasteiger partial charge on any atom is -0.452 e. The van der Waals surface area contributed by atoms with Crippen LogP contribution in [0.4, 0.5) is 20.2 Å². The summed E-state index contributed by atoms with van der Waals surface area (Å²) in [5.41, 5.74) is -0.607. The third-order valence-corrected chi connectivity index (χ3v) is 3.38. The molecule has 0 unspecified atom stereocenters. The minimum absolute atomic E-state index is 0.147. The Kier molecular flexibility index (Phi) is 6.61. The number of para-hydroxylation sites is 1. The molecule has 0 fully saturated rings.